The monoisotopic (exact) mass is 391 g/mol. The van der Waals surface area contributed by atoms with E-state index in [1.165, 1.54) is 11.3 Å². The van der Waals surface area contributed by atoms with Crippen LogP contribution in [0.3, 0.4) is 0 Å². The van der Waals surface area contributed by atoms with Gasteiger partial charge in [0.25, 0.3) is 0 Å². The molecule has 2 heterocycles. The summed E-state index contributed by atoms with van der Waals surface area (Å²) in [4.78, 5) is 28.9. The fourth-order valence-corrected chi connectivity index (χ4v) is 3.99. The van der Waals surface area contributed by atoms with Crippen molar-refractivity contribution in [1.29, 1.82) is 0 Å². The molecule has 146 valence electrons. The van der Waals surface area contributed by atoms with Crippen LogP contribution in [0.15, 0.2) is 12.3 Å². The smallest absolute Gasteiger partial charge is 0.407 e. The number of alkyl carbamates (subject to hydrolysis) is 1. The number of carbonyl (C=O) groups excluding carboxylic acids is 2. The van der Waals surface area contributed by atoms with E-state index in [-0.39, 0.29) is 24.0 Å². The zero-order valence-electron chi connectivity index (χ0n) is 15.6. The molecule has 1 aliphatic rings. The molecule has 3 rings (SSSR count). The Morgan fingerprint density at radius 2 is 2.26 bits per heavy atom. The molecule has 3 N–H and O–H groups in total. The summed E-state index contributed by atoms with van der Waals surface area (Å²) in [6.45, 7) is 4.54. The molecule has 0 saturated heterocycles. The second kappa shape index (κ2) is 8.98. The number of aryl methyl sites for hydroxylation is 1. The summed E-state index contributed by atoms with van der Waals surface area (Å²) >= 11 is 1.52. The predicted octanol–water partition coefficient (Wildman–Crippen LogP) is 3.13. The van der Waals surface area contributed by atoms with Gasteiger partial charge in [-0.1, -0.05) is 6.92 Å². The Labute approximate surface area is 162 Å². The highest BCUT2D eigenvalue weighted by Gasteiger charge is 2.30. The van der Waals surface area contributed by atoms with Crippen LogP contribution < -0.4 is 10.6 Å². The summed E-state index contributed by atoms with van der Waals surface area (Å²) in [5, 5.41) is 13.7. The standard InChI is InChI=1S/C18H25N5O3S/c1-3-6-19-18(25)26-13-5-4-12(7-13)15-9-16(23-22-15)21-17(24)8-14-10-20-11(2)27-14/h9-10,12-13H,3-8H2,1-2H3,(H,19,25)(H2,21,22,23,24). The van der Waals surface area contributed by atoms with E-state index in [4.69, 9.17) is 4.74 Å². The Hall–Kier alpha value is -2.42. The van der Waals surface area contributed by atoms with E-state index in [0.717, 1.165) is 41.3 Å². The third-order valence-electron chi connectivity index (χ3n) is 4.49. The first-order valence-electron chi connectivity index (χ1n) is 9.24. The normalized spacial score (nSPS) is 19.0. The van der Waals surface area contributed by atoms with Crippen molar-refractivity contribution in [3.63, 3.8) is 0 Å². The third-order valence-corrected chi connectivity index (χ3v) is 5.40. The summed E-state index contributed by atoms with van der Waals surface area (Å²) in [7, 11) is 0. The minimum absolute atomic E-state index is 0.0808. The van der Waals surface area contributed by atoms with E-state index >= 15 is 0 Å². The number of aromatic amines is 1. The topological polar surface area (TPSA) is 109 Å². The number of H-pyrrole nitrogens is 1. The molecule has 0 radical (unpaired) electrons. The van der Waals surface area contributed by atoms with Gasteiger partial charge < -0.3 is 15.4 Å². The Kier molecular flexibility index (Phi) is 6.44. The van der Waals surface area contributed by atoms with Crippen molar-refractivity contribution < 1.29 is 14.3 Å². The second-order valence-electron chi connectivity index (χ2n) is 6.74. The molecular weight excluding hydrogens is 366 g/mol. The Morgan fingerprint density at radius 3 is 3.00 bits per heavy atom. The Bertz CT molecular complexity index is 788. The number of thiazole rings is 1. The van der Waals surface area contributed by atoms with Crippen LogP contribution in [0.1, 0.15) is 54.1 Å². The molecule has 9 heteroatoms. The molecule has 2 unspecified atom stereocenters. The fraction of sp³-hybridized carbons (Fsp3) is 0.556. The van der Waals surface area contributed by atoms with E-state index in [1.54, 1.807) is 6.20 Å². The first-order chi connectivity index (χ1) is 13.0. The average molecular weight is 391 g/mol. The van der Waals surface area contributed by atoms with Gasteiger partial charge in [0.1, 0.15) is 6.10 Å². The van der Waals surface area contributed by atoms with E-state index < -0.39 is 0 Å². The lowest BCUT2D eigenvalue weighted by Gasteiger charge is -2.12. The summed E-state index contributed by atoms with van der Waals surface area (Å²) < 4.78 is 5.45. The highest BCUT2D eigenvalue weighted by Crippen LogP contribution is 2.35. The number of amides is 2. The van der Waals surface area contributed by atoms with Gasteiger partial charge in [0.15, 0.2) is 5.82 Å². The fourth-order valence-electron chi connectivity index (χ4n) is 3.19. The molecule has 0 aromatic carbocycles. The molecule has 0 spiro atoms. The minimum Gasteiger partial charge on any atom is -0.446 e. The molecule has 2 amide bonds. The van der Waals surface area contributed by atoms with Crippen molar-refractivity contribution in [2.45, 2.75) is 58.0 Å². The molecule has 1 aliphatic carbocycles. The molecule has 0 bridgehead atoms. The number of hydrogen-bond donors (Lipinski definition) is 3. The molecule has 8 nitrogen and oxygen atoms in total. The number of carbonyl (C=O) groups is 2. The number of ether oxygens (including phenoxy) is 1. The van der Waals surface area contributed by atoms with E-state index in [9.17, 15) is 9.59 Å². The first kappa shape index (κ1) is 19.3. The van der Waals surface area contributed by atoms with Crippen molar-refractivity contribution >= 4 is 29.2 Å². The maximum Gasteiger partial charge on any atom is 0.407 e. The number of aromatic nitrogens is 3. The number of nitrogens with one attached hydrogen (secondary N) is 3. The number of nitrogens with zero attached hydrogens (tertiary/aromatic N) is 2. The van der Waals surface area contributed by atoms with Crippen LogP contribution in [0, 0.1) is 6.92 Å². The van der Waals surface area contributed by atoms with Crippen molar-refractivity contribution in [3.8, 4) is 0 Å². The zero-order valence-corrected chi connectivity index (χ0v) is 16.4. The maximum atomic E-state index is 12.1. The number of hydrogen-bond acceptors (Lipinski definition) is 6. The lowest BCUT2D eigenvalue weighted by molar-refractivity contribution is -0.115. The van der Waals surface area contributed by atoms with Crippen molar-refractivity contribution in [3.05, 3.63) is 27.8 Å². The van der Waals surface area contributed by atoms with Crippen molar-refractivity contribution in [2.75, 3.05) is 11.9 Å². The van der Waals surface area contributed by atoms with E-state index in [2.05, 4.69) is 25.8 Å². The van der Waals surface area contributed by atoms with E-state index in [1.807, 2.05) is 19.9 Å². The number of anilines is 1. The third kappa shape index (κ3) is 5.53. The Balaban J connectivity index is 1.47. The summed E-state index contributed by atoms with van der Waals surface area (Å²) in [6.07, 6.45) is 4.98. The van der Waals surface area contributed by atoms with Gasteiger partial charge in [-0.2, -0.15) is 5.10 Å². The van der Waals surface area contributed by atoms with Crippen molar-refractivity contribution in [2.24, 2.45) is 0 Å². The van der Waals surface area contributed by atoms with E-state index in [0.29, 0.717) is 18.8 Å². The van der Waals surface area contributed by atoms with Crippen LogP contribution in [-0.2, 0) is 16.0 Å². The predicted molar refractivity (Wildman–Crippen MR) is 103 cm³/mol. The minimum atomic E-state index is -0.349. The van der Waals surface area contributed by atoms with Crippen LogP contribution >= 0.6 is 11.3 Å². The van der Waals surface area contributed by atoms with Gasteiger partial charge in [0, 0.05) is 35.3 Å². The largest absolute Gasteiger partial charge is 0.446 e. The molecular formula is C18H25N5O3S. The van der Waals surface area contributed by atoms with Gasteiger partial charge >= 0.3 is 6.09 Å². The van der Waals surface area contributed by atoms with Gasteiger partial charge in [-0.25, -0.2) is 9.78 Å². The molecule has 2 aromatic heterocycles. The van der Waals surface area contributed by atoms with Crippen LogP contribution in [0.2, 0.25) is 0 Å². The van der Waals surface area contributed by atoms with Crippen molar-refractivity contribution in [1.82, 2.24) is 20.5 Å². The zero-order chi connectivity index (χ0) is 19.2. The summed E-state index contributed by atoms with van der Waals surface area (Å²) in [5.74, 6) is 0.648. The van der Waals surface area contributed by atoms with Crippen LogP contribution in [0.4, 0.5) is 10.6 Å². The summed E-state index contributed by atoms with van der Waals surface area (Å²) in [6, 6.07) is 1.86. The van der Waals surface area contributed by atoms with Crippen LogP contribution in [0.5, 0.6) is 0 Å². The highest BCUT2D eigenvalue weighted by molar-refractivity contribution is 7.11. The van der Waals surface area contributed by atoms with Crippen LogP contribution in [0.25, 0.3) is 0 Å². The lowest BCUT2D eigenvalue weighted by atomic mass is 10.0. The molecule has 2 atom stereocenters. The second-order valence-corrected chi connectivity index (χ2v) is 8.06. The maximum absolute atomic E-state index is 12.1. The van der Waals surface area contributed by atoms with Crippen LogP contribution in [-0.4, -0.2) is 39.8 Å². The Morgan fingerprint density at radius 1 is 1.41 bits per heavy atom. The quantitative estimate of drug-likeness (QED) is 0.672. The lowest BCUT2D eigenvalue weighted by Crippen LogP contribution is -2.28. The molecule has 27 heavy (non-hydrogen) atoms. The summed E-state index contributed by atoms with van der Waals surface area (Å²) in [5.41, 5.74) is 0.957. The average Bonchev–Trinajstić information content (AvgIpc) is 3.35. The van der Waals surface area contributed by atoms with Gasteiger partial charge in [-0.15, -0.1) is 11.3 Å². The molecule has 0 aliphatic heterocycles. The highest BCUT2D eigenvalue weighted by atomic mass is 32.1. The van der Waals surface area contributed by atoms with Gasteiger partial charge in [-0.3, -0.25) is 9.89 Å². The van der Waals surface area contributed by atoms with Gasteiger partial charge in [0.2, 0.25) is 5.91 Å². The van der Waals surface area contributed by atoms with Gasteiger partial charge in [0.05, 0.1) is 11.4 Å². The first-order valence-corrected chi connectivity index (χ1v) is 10.1. The molecule has 1 saturated carbocycles. The van der Waals surface area contributed by atoms with Gasteiger partial charge in [-0.05, 0) is 32.6 Å². The SMILES string of the molecule is CCCNC(=O)OC1CCC(c2cc(NC(=O)Cc3cnc(C)s3)n[nH]2)C1. The molecule has 2 aromatic rings. The number of rotatable bonds is 7. The molecule has 1 fully saturated rings.